The van der Waals surface area contributed by atoms with Gasteiger partial charge in [0.25, 0.3) is 0 Å². The summed E-state index contributed by atoms with van der Waals surface area (Å²) in [5.74, 6) is -0.0433. The van der Waals surface area contributed by atoms with E-state index in [4.69, 9.17) is 23.2 Å². The summed E-state index contributed by atoms with van der Waals surface area (Å²) in [6.45, 7) is 0. The van der Waals surface area contributed by atoms with Gasteiger partial charge in [0, 0.05) is 23.4 Å². The Morgan fingerprint density at radius 2 is 2.21 bits per heavy atom. The Hall–Kier alpha value is -0.930. The summed E-state index contributed by atoms with van der Waals surface area (Å²) < 4.78 is 0. The lowest BCUT2D eigenvalue weighted by Crippen LogP contribution is -2.11. The molecule has 0 saturated heterocycles. The third-order valence-electron chi connectivity index (χ3n) is 1.56. The van der Waals surface area contributed by atoms with Gasteiger partial charge in [0.05, 0.1) is 5.69 Å². The van der Waals surface area contributed by atoms with Gasteiger partial charge < -0.3 is 10.4 Å². The van der Waals surface area contributed by atoms with Crippen LogP contribution in [0.3, 0.4) is 0 Å². The highest BCUT2D eigenvalue weighted by Crippen LogP contribution is 2.26. The average molecular weight is 234 g/mol. The first-order chi connectivity index (χ1) is 6.63. The minimum absolute atomic E-state index is 0.0552. The largest absolute Gasteiger partial charge is 0.506 e. The van der Waals surface area contributed by atoms with Crippen LogP contribution in [0.4, 0.5) is 5.69 Å². The Morgan fingerprint density at radius 3 is 2.79 bits per heavy atom. The summed E-state index contributed by atoms with van der Waals surface area (Å²) in [5.41, 5.74) is 0.338. The number of hydrogen-bond acceptors (Lipinski definition) is 2. The molecule has 0 fully saturated rings. The Labute approximate surface area is 91.6 Å². The third-order valence-corrected chi connectivity index (χ3v) is 1.98. The molecule has 0 saturated carbocycles. The van der Waals surface area contributed by atoms with Crippen LogP contribution in [0.5, 0.6) is 5.75 Å². The van der Waals surface area contributed by atoms with Crippen LogP contribution in [-0.4, -0.2) is 16.9 Å². The highest BCUT2D eigenvalue weighted by Gasteiger charge is 2.05. The number of nitrogens with one attached hydrogen (secondary N) is 1. The van der Waals surface area contributed by atoms with Gasteiger partial charge in [-0.25, -0.2) is 0 Å². The number of hydrogen-bond donors (Lipinski definition) is 2. The van der Waals surface area contributed by atoms with Gasteiger partial charge in [-0.2, -0.15) is 0 Å². The smallest absolute Gasteiger partial charge is 0.225 e. The van der Waals surface area contributed by atoms with Crippen molar-refractivity contribution in [1.29, 1.82) is 0 Å². The third kappa shape index (κ3) is 3.09. The molecule has 1 aromatic rings. The second-order valence-corrected chi connectivity index (χ2v) is 3.46. The van der Waals surface area contributed by atoms with Crippen molar-refractivity contribution in [3.8, 4) is 5.75 Å². The van der Waals surface area contributed by atoms with Crippen molar-refractivity contribution in [1.82, 2.24) is 0 Å². The standard InChI is InChI=1S/C9H9Cl2NO2/c10-4-3-9(14)12-7-2-1-6(11)5-8(7)13/h1-2,5,13H,3-4H2,(H,12,14). The number of carbonyl (C=O) groups excluding carboxylic acids is 1. The van der Waals surface area contributed by atoms with E-state index in [2.05, 4.69) is 5.32 Å². The predicted molar refractivity (Wildman–Crippen MR) is 57.1 cm³/mol. The van der Waals surface area contributed by atoms with Crippen molar-refractivity contribution in [2.45, 2.75) is 6.42 Å². The molecule has 0 aliphatic heterocycles. The highest BCUT2D eigenvalue weighted by atomic mass is 35.5. The lowest BCUT2D eigenvalue weighted by Gasteiger charge is -2.06. The zero-order valence-electron chi connectivity index (χ0n) is 7.26. The van der Waals surface area contributed by atoms with Crippen LogP contribution in [0.1, 0.15) is 6.42 Å². The van der Waals surface area contributed by atoms with Gasteiger partial charge in [-0.15, -0.1) is 11.6 Å². The fourth-order valence-electron chi connectivity index (χ4n) is 0.909. The van der Waals surface area contributed by atoms with Gasteiger partial charge in [-0.05, 0) is 12.1 Å². The number of benzene rings is 1. The summed E-state index contributed by atoms with van der Waals surface area (Å²) in [4.78, 5) is 11.1. The van der Waals surface area contributed by atoms with E-state index in [-0.39, 0.29) is 24.0 Å². The molecule has 0 aliphatic carbocycles. The second-order valence-electron chi connectivity index (χ2n) is 2.65. The van der Waals surface area contributed by atoms with Crippen molar-refractivity contribution in [2.75, 3.05) is 11.2 Å². The van der Waals surface area contributed by atoms with Crippen LogP contribution < -0.4 is 5.32 Å². The first-order valence-corrected chi connectivity index (χ1v) is 4.89. The molecule has 1 amide bonds. The fraction of sp³-hybridized carbons (Fsp3) is 0.222. The summed E-state index contributed by atoms with van der Waals surface area (Å²) >= 11 is 11.0. The maximum absolute atomic E-state index is 11.1. The molecule has 5 heteroatoms. The number of phenolic OH excluding ortho intramolecular Hbond substituents is 1. The van der Waals surface area contributed by atoms with Crippen LogP contribution in [-0.2, 0) is 4.79 Å². The second kappa shape index (κ2) is 5.08. The summed E-state index contributed by atoms with van der Waals surface area (Å²) in [6, 6.07) is 4.47. The summed E-state index contributed by atoms with van der Waals surface area (Å²) in [7, 11) is 0. The van der Waals surface area contributed by atoms with E-state index < -0.39 is 0 Å². The summed E-state index contributed by atoms with van der Waals surface area (Å²) in [6.07, 6.45) is 0.212. The van der Waals surface area contributed by atoms with Gasteiger partial charge >= 0.3 is 0 Å². The molecule has 76 valence electrons. The number of anilines is 1. The predicted octanol–water partition coefficient (Wildman–Crippen LogP) is 2.61. The molecule has 0 atom stereocenters. The Balaban J connectivity index is 2.72. The number of halogens is 2. The molecule has 1 rings (SSSR count). The molecular weight excluding hydrogens is 225 g/mol. The maximum atomic E-state index is 11.1. The lowest BCUT2D eigenvalue weighted by molar-refractivity contribution is -0.115. The maximum Gasteiger partial charge on any atom is 0.225 e. The SMILES string of the molecule is O=C(CCCl)Nc1ccc(Cl)cc1O. The molecule has 0 aliphatic rings. The molecule has 1 aromatic carbocycles. The number of amides is 1. The van der Waals surface area contributed by atoms with Crippen LogP contribution in [0.15, 0.2) is 18.2 Å². The van der Waals surface area contributed by atoms with Gasteiger partial charge in [0.15, 0.2) is 0 Å². The zero-order chi connectivity index (χ0) is 10.6. The van der Waals surface area contributed by atoms with Crippen LogP contribution in [0.2, 0.25) is 5.02 Å². The van der Waals surface area contributed by atoms with Gasteiger partial charge in [0.2, 0.25) is 5.91 Å². The molecule has 3 nitrogen and oxygen atoms in total. The number of rotatable bonds is 3. The molecule has 0 aromatic heterocycles. The van der Waals surface area contributed by atoms with Gasteiger partial charge in [0.1, 0.15) is 5.75 Å². The Bertz CT molecular complexity index is 342. The minimum atomic E-state index is -0.238. The van der Waals surface area contributed by atoms with Crippen molar-refractivity contribution >= 4 is 34.8 Å². The van der Waals surface area contributed by atoms with E-state index in [0.717, 1.165) is 0 Å². The molecular formula is C9H9Cl2NO2. The molecule has 0 unspecified atom stereocenters. The summed E-state index contributed by atoms with van der Waals surface area (Å²) in [5, 5.41) is 12.3. The lowest BCUT2D eigenvalue weighted by atomic mass is 10.3. The van der Waals surface area contributed by atoms with Crippen LogP contribution in [0, 0.1) is 0 Å². The van der Waals surface area contributed by atoms with Crippen molar-refractivity contribution in [3.63, 3.8) is 0 Å². The van der Waals surface area contributed by atoms with E-state index >= 15 is 0 Å². The fourth-order valence-corrected chi connectivity index (χ4v) is 1.25. The molecule has 14 heavy (non-hydrogen) atoms. The van der Waals surface area contributed by atoms with Crippen LogP contribution >= 0.6 is 23.2 Å². The van der Waals surface area contributed by atoms with Crippen molar-refractivity contribution in [3.05, 3.63) is 23.2 Å². The molecule has 0 spiro atoms. The van der Waals surface area contributed by atoms with Gasteiger partial charge in [-0.3, -0.25) is 4.79 Å². The minimum Gasteiger partial charge on any atom is -0.506 e. The van der Waals surface area contributed by atoms with E-state index in [0.29, 0.717) is 10.7 Å². The number of aromatic hydroxyl groups is 1. The molecule has 0 bridgehead atoms. The van der Waals surface area contributed by atoms with E-state index in [1.807, 2.05) is 0 Å². The normalized spacial score (nSPS) is 9.86. The Kier molecular flexibility index (Phi) is 4.04. The van der Waals surface area contributed by atoms with Crippen molar-refractivity contribution < 1.29 is 9.90 Å². The first-order valence-electron chi connectivity index (χ1n) is 3.98. The zero-order valence-corrected chi connectivity index (χ0v) is 8.77. The van der Waals surface area contributed by atoms with Crippen LogP contribution in [0.25, 0.3) is 0 Å². The van der Waals surface area contributed by atoms with Gasteiger partial charge in [-0.1, -0.05) is 11.6 Å². The molecule has 0 radical (unpaired) electrons. The first kappa shape index (κ1) is 11.1. The molecule has 0 heterocycles. The number of carbonyl (C=O) groups is 1. The topological polar surface area (TPSA) is 49.3 Å². The number of alkyl halides is 1. The Morgan fingerprint density at radius 1 is 1.50 bits per heavy atom. The monoisotopic (exact) mass is 233 g/mol. The quantitative estimate of drug-likeness (QED) is 0.623. The van der Waals surface area contributed by atoms with E-state index in [1.54, 1.807) is 6.07 Å². The molecule has 2 N–H and O–H groups in total. The van der Waals surface area contributed by atoms with E-state index in [9.17, 15) is 9.90 Å². The average Bonchev–Trinajstić information content (AvgIpc) is 2.10. The van der Waals surface area contributed by atoms with E-state index in [1.165, 1.54) is 12.1 Å². The van der Waals surface area contributed by atoms with Crippen molar-refractivity contribution in [2.24, 2.45) is 0 Å². The highest BCUT2D eigenvalue weighted by molar-refractivity contribution is 6.30. The number of phenols is 1.